The fraction of sp³-hybridized carbons (Fsp3) is 0.200. The van der Waals surface area contributed by atoms with Gasteiger partial charge in [0, 0.05) is 16.6 Å². The smallest absolute Gasteiger partial charge is 0.167 e. The Hall–Kier alpha value is -1.75. The fourth-order valence-corrected chi connectivity index (χ4v) is 2.11. The van der Waals surface area contributed by atoms with E-state index in [1.807, 2.05) is 38.1 Å². The normalized spacial score (nSPS) is 10.7. The lowest BCUT2D eigenvalue weighted by molar-refractivity contribution is 0.231. The number of anilines is 3. The maximum absolute atomic E-state index is 13.8. The lowest BCUT2D eigenvalue weighted by atomic mass is 10.2. The molecule has 0 amide bonds. The summed E-state index contributed by atoms with van der Waals surface area (Å²) in [5.41, 5.74) is 7.63. The SMILES string of the molecule is CC(C)Oc1cc(Nc2ccccc2Br)c(N)cc1F. The quantitative estimate of drug-likeness (QED) is 0.794. The molecule has 2 aromatic rings. The first-order valence-electron chi connectivity index (χ1n) is 6.24. The molecule has 0 aliphatic heterocycles. The van der Waals surface area contributed by atoms with Gasteiger partial charge in [-0.3, -0.25) is 0 Å². The molecule has 3 nitrogen and oxygen atoms in total. The topological polar surface area (TPSA) is 47.3 Å². The van der Waals surface area contributed by atoms with Crippen molar-refractivity contribution in [2.75, 3.05) is 11.1 Å². The van der Waals surface area contributed by atoms with Crippen LogP contribution in [0.25, 0.3) is 0 Å². The number of ether oxygens (including phenoxy) is 1. The second-order valence-corrected chi connectivity index (χ2v) is 5.50. The van der Waals surface area contributed by atoms with Gasteiger partial charge in [0.05, 0.1) is 23.2 Å². The Balaban J connectivity index is 2.34. The second kappa shape index (κ2) is 6.13. The highest BCUT2D eigenvalue weighted by Crippen LogP contribution is 2.33. The summed E-state index contributed by atoms with van der Waals surface area (Å²) in [7, 11) is 0. The van der Waals surface area contributed by atoms with E-state index < -0.39 is 5.82 Å². The third-order valence-corrected chi connectivity index (χ3v) is 3.30. The van der Waals surface area contributed by atoms with Gasteiger partial charge in [-0.15, -0.1) is 0 Å². The molecule has 0 saturated heterocycles. The summed E-state index contributed by atoms with van der Waals surface area (Å²) in [5.74, 6) is -0.280. The van der Waals surface area contributed by atoms with Crippen molar-refractivity contribution in [1.29, 1.82) is 0 Å². The first kappa shape index (κ1) is 14.7. The zero-order chi connectivity index (χ0) is 14.7. The largest absolute Gasteiger partial charge is 0.488 e. The van der Waals surface area contributed by atoms with Crippen LogP contribution in [-0.4, -0.2) is 6.10 Å². The van der Waals surface area contributed by atoms with Crippen LogP contribution >= 0.6 is 15.9 Å². The molecule has 106 valence electrons. The van der Waals surface area contributed by atoms with Gasteiger partial charge >= 0.3 is 0 Å². The van der Waals surface area contributed by atoms with Gasteiger partial charge in [0.25, 0.3) is 0 Å². The average Bonchev–Trinajstić information content (AvgIpc) is 2.37. The minimum absolute atomic E-state index is 0.107. The highest BCUT2D eigenvalue weighted by Gasteiger charge is 2.11. The number of nitrogens with one attached hydrogen (secondary N) is 1. The molecule has 20 heavy (non-hydrogen) atoms. The molecule has 0 unspecified atom stereocenters. The third-order valence-electron chi connectivity index (χ3n) is 2.61. The van der Waals surface area contributed by atoms with Crippen molar-refractivity contribution >= 4 is 33.0 Å². The van der Waals surface area contributed by atoms with Gasteiger partial charge in [-0.25, -0.2) is 4.39 Å². The zero-order valence-electron chi connectivity index (χ0n) is 11.3. The molecule has 0 spiro atoms. The Kier molecular flexibility index (Phi) is 4.49. The molecule has 0 fully saturated rings. The van der Waals surface area contributed by atoms with Crippen LogP contribution in [0, 0.1) is 5.82 Å². The summed E-state index contributed by atoms with van der Waals surface area (Å²) in [6, 6.07) is 10.5. The molecule has 2 rings (SSSR count). The molecular formula is C15H16BrFN2O. The molecule has 2 aromatic carbocycles. The van der Waals surface area contributed by atoms with E-state index in [1.165, 1.54) is 6.07 Å². The van der Waals surface area contributed by atoms with Crippen molar-refractivity contribution in [3.8, 4) is 5.75 Å². The van der Waals surface area contributed by atoms with Crippen LogP contribution in [-0.2, 0) is 0 Å². The average molecular weight is 339 g/mol. The molecule has 0 saturated carbocycles. The molecule has 0 heterocycles. The van der Waals surface area contributed by atoms with Crippen LogP contribution in [0.4, 0.5) is 21.5 Å². The molecule has 0 aliphatic rings. The summed E-state index contributed by atoms with van der Waals surface area (Å²) in [6.45, 7) is 3.69. The summed E-state index contributed by atoms with van der Waals surface area (Å²) in [4.78, 5) is 0. The van der Waals surface area contributed by atoms with Crippen molar-refractivity contribution in [2.45, 2.75) is 20.0 Å². The van der Waals surface area contributed by atoms with Gasteiger partial charge < -0.3 is 15.8 Å². The van der Waals surface area contributed by atoms with E-state index in [9.17, 15) is 4.39 Å². The summed E-state index contributed by atoms with van der Waals surface area (Å²) in [5, 5.41) is 3.16. The second-order valence-electron chi connectivity index (χ2n) is 4.64. The number of benzene rings is 2. The number of halogens is 2. The molecular weight excluding hydrogens is 323 g/mol. The maximum Gasteiger partial charge on any atom is 0.167 e. The maximum atomic E-state index is 13.8. The Morgan fingerprint density at radius 3 is 2.55 bits per heavy atom. The Bertz CT molecular complexity index is 617. The van der Waals surface area contributed by atoms with Crippen LogP contribution in [0.5, 0.6) is 5.75 Å². The molecule has 0 atom stereocenters. The number of nitrogens with two attached hydrogens (primary N) is 1. The lowest BCUT2D eigenvalue weighted by Crippen LogP contribution is -2.08. The summed E-state index contributed by atoms with van der Waals surface area (Å²) >= 11 is 3.44. The minimum Gasteiger partial charge on any atom is -0.488 e. The number of para-hydroxylation sites is 1. The van der Waals surface area contributed by atoms with Gasteiger partial charge in [-0.05, 0) is 41.9 Å². The van der Waals surface area contributed by atoms with E-state index in [1.54, 1.807) is 6.07 Å². The Labute approximate surface area is 126 Å². The number of hydrogen-bond donors (Lipinski definition) is 2. The van der Waals surface area contributed by atoms with Gasteiger partial charge in [0.2, 0.25) is 0 Å². The zero-order valence-corrected chi connectivity index (χ0v) is 12.9. The van der Waals surface area contributed by atoms with Crippen LogP contribution in [0.2, 0.25) is 0 Å². The van der Waals surface area contributed by atoms with Crippen molar-refractivity contribution in [2.24, 2.45) is 0 Å². The standard InChI is InChI=1S/C15H16BrFN2O/c1-9(2)20-15-8-14(12(18)7-11(15)17)19-13-6-4-3-5-10(13)16/h3-9,19H,18H2,1-2H3. The van der Waals surface area contributed by atoms with Crippen molar-refractivity contribution < 1.29 is 9.13 Å². The molecule has 0 bridgehead atoms. The van der Waals surface area contributed by atoms with Gasteiger partial charge in [0.15, 0.2) is 11.6 Å². The van der Waals surface area contributed by atoms with E-state index in [4.69, 9.17) is 10.5 Å². The predicted octanol–water partition coefficient (Wildman–Crippen LogP) is 4.70. The van der Waals surface area contributed by atoms with Crippen LogP contribution in [0.15, 0.2) is 40.9 Å². The molecule has 0 aliphatic carbocycles. The number of nitrogen functional groups attached to an aromatic ring is 1. The third kappa shape index (κ3) is 3.42. The molecule has 0 aromatic heterocycles. The molecule has 3 N–H and O–H groups in total. The molecule has 5 heteroatoms. The predicted molar refractivity (Wildman–Crippen MR) is 84.0 cm³/mol. The fourth-order valence-electron chi connectivity index (χ4n) is 1.73. The van der Waals surface area contributed by atoms with E-state index in [2.05, 4.69) is 21.2 Å². The first-order chi connectivity index (χ1) is 9.47. The summed E-state index contributed by atoms with van der Waals surface area (Å²) < 4.78 is 20.1. The van der Waals surface area contributed by atoms with Gasteiger partial charge in [-0.2, -0.15) is 0 Å². The number of rotatable bonds is 4. The van der Waals surface area contributed by atoms with Crippen molar-refractivity contribution in [3.05, 3.63) is 46.7 Å². The van der Waals surface area contributed by atoms with Gasteiger partial charge in [0.1, 0.15) is 0 Å². The highest BCUT2D eigenvalue weighted by atomic mass is 79.9. The van der Waals surface area contributed by atoms with Crippen LogP contribution in [0.1, 0.15) is 13.8 Å². The van der Waals surface area contributed by atoms with E-state index in [0.29, 0.717) is 11.4 Å². The minimum atomic E-state index is -0.464. The van der Waals surface area contributed by atoms with E-state index in [-0.39, 0.29) is 11.9 Å². The summed E-state index contributed by atoms with van der Waals surface area (Å²) in [6.07, 6.45) is -0.107. The van der Waals surface area contributed by atoms with Crippen LogP contribution in [0.3, 0.4) is 0 Å². The lowest BCUT2D eigenvalue weighted by Gasteiger charge is -2.15. The van der Waals surface area contributed by atoms with E-state index in [0.717, 1.165) is 10.2 Å². The highest BCUT2D eigenvalue weighted by molar-refractivity contribution is 9.10. The molecule has 0 radical (unpaired) electrons. The van der Waals surface area contributed by atoms with Gasteiger partial charge in [-0.1, -0.05) is 12.1 Å². The monoisotopic (exact) mass is 338 g/mol. The first-order valence-corrected chi connectivity index (χ1v) is 7.04. The van der Waals surface area contributed by atoms with Crippen molar-refractivity contribution in [1.82, 2.24) is 0 Å². The number of hydrogen-bond acceptors (Lipinski definition) is 3. The van der Waals surface area contributed by atoms with Crippen molar-refractivity contribution in [3.63, 3.8) is 0 Å². The van der Waals surface area contributed by atoms with Crippen LogP contribution < -0.4 is 15.8 Å². The Morgan fingerprint density at radius 1 is 1.20 bits per heavy atom. The van der Waals surface area contributed by atoms with E-state index >= 15 is 0 Å². The Morgan fingerprint density at radius 2 is 1.90 bits per heavy atom.